The number of fused-ring (bicyclic) bond motifs is 1. The molecular formula is C18H14ClN3O2. The molecule has 1 aromatic heterocycles. The largest absolute Gasteiger partial charge is 0.465 e. The predicted molar refractivity (Wildman–Crippen MR) is 94.8 cm³/mol. The van der Waals surface area contributed by atoms with Gasteiger partial charge >= 0.3 is 5.97 Å². The van der Waals surface area contributed by atoms with Gasteiger partial charge in [0.25, 0.3) is 0 Å². The first-order valence-electron chi connectivity index (χ1n) is 6.96. The summed E-state index contributed by atoms with van der Waals surface area (Å²) in [4.78, 5) is 15.7. The number of carbonyl (C=O) groups excluding carboxylic acids is 1. The molecule has 0 bridgehead atoms. The molecule has 0 radical (unpaired) electrons. The van der Waals surface area contributed by atoms with Crippen molar-refractivity contribution in [1.29, 1.82) is 5.26 Å². The van der Waals surface area contributed by atoms with Crippen molar-refractivity contribution in [1.82, 2.24) is 4.98 Å². The summed E-state index contributed by atoms with van der Waals surface area (Å²) in [6.45, 7) is 0. The molecule has 0 saturated carbocycles. The first kappa shape index (κ1) is 17.3. The molecule has 0 aliphatic heterocycles. The average molecular weight is 340 g/mol. The molecule has 0 amide bonds. The number of para-hydroxylation sites is 1. The zero-order valence-corrected chi connectivity index (χ0v) is 13.6. The van der Waals surface area contributed by atoms with Gasteiger partial charge in [0.2, 0.25) is 0 Å². The van der Waals surface area contributed by atoms with Gasteiger partial charge < -0.3 is 10.1 Å². The molecule has 0 atom stereocenters. The van der Waals surface area contributed by atoms with Gasteiger partial charge in [-0.2, -0.15) is 5.26 Å². The molecule has 3 rings (SSSR count). The highest BCUT2D eigenvalue weighted by Crippen LogP contribution is 2.28. The Bertz CT molecular complexity index is 918. The van der Waals surface area contributed by atoms with Crippen molar-refractivity contribution in [3.05, 3.63) is 65.9 Å². The van der Waals surface area contributed by atoms with E-state index in [1.165, 1.54) is 7.11 Å². The van der Waals surface area contributed by atoms with E-state index < -0.39 is 0 Å². The van der Waals surface area contributed by atoms with Crippen molar-refractivity contribution in [2.24, 2.45) is 0 Å². The van der Waals surface area contributed by atoms with Crippen LogP contribution in [0.15, 0.2) is 54.7 Å². The van der Waals surface area contributed by atoms with Crippen LogP contribution in [0.5, 0.6) is 0 Å². The number of nitrogens with zero attached hydrogens (tertiary/aromatic N) is 2. The number of benzene rings is 2. The number of aromatic nitrogens is 1. The third kappa shape index (κ3) is 3.29. The van der Waals surface area contributed by atoms with Crippen molar-refractivity contribution in [2.75, 3.05) is 12.4 Å². The number of halogens is 1. The highest BCUT2D eigenvalue weighted by molar-refractivity contribution is 5.96. The number of anilines is 2. The number of hydrogen-bond acceptors (Lipinski definition) is 5. The van der Waals surface area contributed by atoms with Gasteiger partial charge in [0.05, 0.1) is 29.4 Å². The average Bonchev–Trinajstić information content (AvgIpc) is 2.62. The van der Waals surface area contributed by atoms with Crippen molar-refractivity contribution < 1.29 is 9.53 Å². The van der Waals surface area contributed by atoms with Gasteiger partial charge in [-0.1, -0.05) is 18.2 Å². The molecule has 0 spiro atoms. The van der Waals surface area contributed by atoms with Crippen LogP contribution in [-0.2, 0) is 4.74 Å². The van der Waals surface area contributed by atoms with Gasteiger partial charge in [-0.15, -0.1) is 12.4 Å². The summed E-state index contributed by atoms with van der Waals surface area (Å²) >= 11 is 0. The summed E-state index contributed by atoms with van der Waals surface area (Å²) < 4.78 is 4.68. The third-order valence-electron chi connectivity index (χ3n) is 3.47. The van der Waals surface area contributed by atoms with Gasteiger partial charge in [0.1, 0.15) is 6.07 Å². The maximum absolute atomic E-state index is 11.5. The molecule has 0 aliphatic rings. The summed E-state index contributed by atoms with van der Waals surface area (Å²) in [5.74, 6) is -0.386. The quantitative estimate of drug-likeness (QED) is 0.728. The molecule has 1 heterocycles. The first-order chi connectivity index (χ1) is 11.2. The topological polar surface area (TPSA) is 75.0 Å². The van der Waals surface area contributed by atoms with Crippen LogP contribution >= 0.6 is 12.4 Å². The molecule has 0 unspecified atom stereocenters. The standard InChI is InChI=1S/C18H13N3O2.ClH/c1-23-18(22)12-6-8-14(9-7-12)21-17-13(10-19)11-20-16-5-3-2-4-15(16)17;/h2-9,11H,1H3,(H,20,21);1H. The number of carbonyl (C=O) groups is 1. The molecule has 6 heteroatoms. The summed E-state index contributed by atoms with van der Waals surface area (Å²) in [5.41, 5.74) is 3.20. The van der Waals surface area contributed by atoms with E-state index in [2.05, 4.69) is 21.1 Å². The van der Waals surface area contributed by atoms with E-state index in [1.54, 1.807) is 30.5 Å². The Balaban J connectivity index is 0.00000208. The van der Waals surface area contributed by atoms with Crippen molar-refractivity contribution >= 4 is 40.7 Å². The lowest BCUT2D eigenvalue weighted by molar-refractivity contribution is 0.0601. The Kier molecular flexibility index (Phi) is 5.35. The van der Waals surface area contributed by atoms with Crippen LogP contribution in [-0.4, -0.2) is 18.1 Å². The molecule has 1 N–H and O–H groups in total. The number of rotatable bonds is 3. The van der Waals surface area contributed by atoms with Crippen molar-refractivity contribution in [3.63, 3.8) is 0 Å². The molecule has 0 saturated heterocycles. The van der Waals surface area contributed by atoms with Crippen LogP contribution < -0.4 is 5.32 Å². The minimum Gasteiger partial charge on any atom is -0.465 e. The second-order valence-electron chi connectivity index (χ2n) is 4.87. The number of nitriles is 1. The zero-order chi connectivity index (χ0) is 16.2. The van der Waals surface area contributed by atoms with E-state index in [0.717, 1.165) is 16.6 Å². The third-order valence-corrected chi connectivity index (χ3v) is 3.47. The number of methoxy groups -OCH3 is 1. The van der Waals surface area contributed by atoms with Crippen LogP contribution in [0.4, 0.5) is 11.4 Å². The highest BCUT2D eigenvalue weighted by Gasteiger charge is 2.10. The molecule has 24 heavy (non-hydrogen) atoms. The van der Waals surface area contributed by atoms with Crippen LogP contribution in [0.2, 0.25) is 0 Å². The van der Waals surface area contributed by atoms with E-state index in [1.807, 2.05) is 24.3 Å². The van der Waals surface area contributed by atoms with E-state index in [4.69, 9.17) is 0 Å². The number of nitrogens with one attached hydrogen (secondary N) is 1. The van der Waals surface area contributed by atoms with Crippen molar-refractivity contribution in [2.45, 2.75) is 0 Å². The maximum atomic E-state index is 11.5. The smallest absolute Gasteiger partial charge is 0.337 e. The number of hydrogen-bond donors (Lipinski definition) is 1. The Morgan fingerprint density at radius 1 is 1.17 bits per heavy atom. The summed E-state index contributed by atoms with van der Waals surface area (Å²) in [6.07, 6.45) is 1.55. The molecule has 0 aliphatic carbocycles. The Morgan fingerprint density at radius 3 is 2.54 bits per heavy atom. The lowest BCUT2D eigenvalue weighted by atomic mass is 10.1. The van der Waals surface area contributed by atoms with Gasteiger partial charge in [0, 0.05) is 17.3 Å². The second-order valence-corrected chi connectivity index (χ2v) is 4.87. The summed E-state index contributed by atoms with van der Waals surface area (Å²) in [5, 5.41) is 13.4. The Morgan fingerprint density at radius 2 is 1.88 bits per heavy atom. The van der Waals surface area contributed by atoms with Gasteiger partial charge in [-0.3, -0.25) is 4.98 Å². The fraction of sp³-hybridized carbons (Fsp3) is 0.0556. The molecule has 120 valence electrons. The highest BCUT2D eigenvalue weighted by atomic mass is 35.5. The predicted octanol–water partition coefficient (Wildman–Crippen LogP) is 4.06. The van der Waals surface area contributed by atoms with E-state index in [-0.39, 0.29) is 18.4 Å². The lowest BCUT2D eigenvalue weighted by Crippen LogP contribution is -2.01. The molecule has 5 nitrogen and oxygen atoms in total. The Labute approximate surface area is 145 Å². The summed E-state index contributed by atoms with van der Waals surface area (Å²) in [7, 11) is 1.34. The van der Waals surface area contributed by atoms with Crippen LogP contribution in [0, 0.1) is 11.3 Å². The van der Waals surface area contributed by atoms with Crippen molar-refractivity contribution in [3.8, 4) is 6.07 Å². The van der Waals surface area contributed by atoms with Gasteiger partial charge in [-0.25, -0.2) is 4.79 Å². The molecule has 2 aromatic carbocycles. The normalized spacial score (nSPS) is 9.67. The van der Waals surface area contributed by atoms with E-state index >= 15 is 0 Å². The van der Waals surface area contributed by atoms with Crippen LogP contribution in [0.1, 0.15) is 15.9 Å². The minimum absolute atomic E-state index is 0. The fourth-order valence-corrected chi connectivity index (χ4v) is 2.31. The second kappa shape index (κ2) is 7.44. The first-order valence-corrected chi connectivity index (χ1v) is 6.96. The fourth-order valence-electron chi connectivity index (χ4n) is 2.31. The molecular weight excluding hydrogens is 326 g/mol. The van der Waals surface area contributed by atoms with E-state index in [9.17, 15) is 10.1 Å². The van der Waals surface area contributed by atoms with E-state index in [0.29, 0.717) is 16.8 Å². The molecule has 3 aromatic rings. The SMILES string of the molecule is COC(=O)c1ccc(Nc2c(C#N)cnc3ccccc23)cc1.Cl. The number of pyridine rings is 1. The minimum atomic E-state index is -0.386. The lowest BCUT2D eigenvalue weighted by Gasteiger charge is -2.11. The maximum Gasteiger partial charge on any atom is 0.337 e. The van der Waals surface area contributed by atoms with Crippen LogP contribution in [0.3, 0.4) is 0 Å². The van der Waals surface area contributed by atoms with Crippen LogP contribution in [0.25, 0.3) is 10.9 Å². The number of ether oxygens (including phenoxy) is 1. The Hall–Kier alpha value is -3.10. The molecule has 0 fully saturated rings. The zero-order valence-electron chi connectivity index (χ0n) is 12.8. The van der Waals surface area contributed by atoms with Gasteiger partial charge in [0.15, 0.2) is 0 Å². The summed E-state index contributed by atoms with van der Waals surface area (Å²) in [6, 6.07) is 16.6. The number of esters is 1. The monoisotopic (exact) mass is 339 g/mol. The van der Waals surface area contributed by atoms with Gasteiger partial charge in [-0.05, 0) is 30.3 Å².